The number of carbonyl (C=O) groups excluding carboxylic acids is 1. The number of aliphatic imine (C=N–C) groups is 1. The number of aryl methyl sites for hydroxylation is 1. The lowest BCUT2D eigenvalue weighted by molar-refractivity contribution is -0.138. The lowest BCUT2D eigenvalue weighted by atomic mass is 9.75. The number of thioether (sulfide) groups is 1. The van der Waals surface area contributed by atoms with Gasteiger partial charge in [-0.15, -0.1) is 11.8 Å². The second kappa shape index (κ2) is 12.0. The van der Waals surface area contributed by atoms with Gasteiger partial charge in [0.15, 0.2) is 0 Å². The Labute approximate surface area is 220 Å². The van der Waals surface area contributed by atoms with Crippen LogP contribution in [0.5, 0.6) is 5.75 Å². The van der Waals surface area contributed by atoms with Crippen LogP contribution in [0.3, 0.4) is 0 Å². The average molecular weight is 532 g/mol. The molecule has 0 bridgehead atoms. The largest absolute Gasteiger partial charge is 0.488 e. The van der Waals surface area contributed by atoms with E-state index in [0.29, 0.717) is 23.7 Å². The topological polar surface area (TPSA) is 47.9 Å². The molecule has 2 aromatic carbocycles. The Bertz CT molecular complexity index is 1200. The van der Waals surface area contributed by atoms with Crippen LogP contribution in [0, 0.1) is 19.8 Å². The Morgan fingerprint density at radius 2 is 1.89 bits per heavy atom. The SMILES string of the molecule is C=N/C(C)=C(/COc1cc(C)c2c(c1C)[C@H](OC=O)[C@H](C(=C)C)CC2)SCc1ccc(C(F)(F)F)cc1. The van der Waals surface area contributed by atoms with Gasteiger partial charge in [-0.25, -0.2) is 0 Å². The number of ether oxygens (including phenoxy) is 2. The molecule has 0 aliphatic heterocycles. The van der Waals surface area contributed by atoms with E-state index in [1.807, 2.05) is 33.8 Å². The average Bonchev–Trinajstić information content (AvgIpc) is 2.85. The van der Waals surface area contributed by atoms with E-state index in [0.717, 1.165) is 57.7 Å². The van der Waals surface area contributed by atoms with Crippen LogP contribution in [-0.4, -0.2) is 19.8 Å². The van der Waals surface area contributed by atoms with E-state index in [-0.39, 0.29) is 12.5 Å². The summed E-state index contributed by atoms with van der Waals surface area (Å²) in [6.07, 6.45) is -3.05. The fourth-order valence-corrected chi connectivity index (χ4v) is 5.60. The number of rotatable bonds is 10. The zero-order valence-corrected chi connectivity index (χ0v) is 22.4. The summed E-state index contributed by atoms with van der Waals surface area (Å²) in [7, 11) is 0. The highest BCUT2D eigenvalue weighted by Crippen LogP contribution is 2.45. The van der Waals surface area contributed by atoms with Gasteiger partial charge in [-0.3, -0.25) is 9.79 Å². The Kier molecular flexibility index (Phi) is 9.29. The summed E-state index contributed by atoms with van der Waals surface area (Å²) >= 11 is 1.45. The molecule has 8 heteroatoms. The molecule has 37 heavy (non-hydrogen) atoms. The lowest BCUT2D eigenvalue weighted by Crippen LogP contribution is -2.25. The van der Waals surface area contributed by atoms with Crippen LogP contribution in [0.25, 0.3) is 0 Å². The number of hydrogen-bond acceptors (Lipinski definition) is 5. The number of allylic oxidation sites excluding steroid dienone is 1. The van der Waals surface area contributed by atoms with Gasteiger partial charge in [0.1, 0.15) is 18.5 Å². The molecule has 1 aliphatic carbocycles. The van der Waals surface area contributed by atoms with Crippen molar-refractivity contribution in [1.29, 1.82) is 0 Å². The Morgan fingerprint density at radius 3 is 2.46 bits per heavy atom. The lowest BCUT2D eigenvalue weighted by Gasteiger charge is -2.35. The Morgan fingerprint density at radius 1 is 1.22 bits per heavy atom. The standard InChI is InChI=1S/C29H32F3NO3S/c1-17(2)23-11-12-24-18(3)13-25(19(4)27(24)28(23)36-16-34)35-14-26(20(5)33-6)37-15-21-7-9-22(10-8-21)29(30,31)32/h7-10,13,16,23,28H,1,6,11-12,14-15H2,2-5H3/b26-20-/t23-,28+/m0/s1. The first-order valence-corrected chi connectivity index (χ1v) is 12.9. The van der Waals surface area contributed by atoms with Crippen molar-refractivity contribution in [3.05, 3.63) is 86.5 Å². The van der Waals surface area contributed by atoms with Crippen LogP contribution in [0.1, 0.15) is 59.8 Å². The van der Waals surface area contributed by atoms with Gasteiger partial charge in [0.05, 0.1) is 5.56 Å². The van der Waals surface area contributed by atoms with Crippen molar-refractivity contribution < 1.29 is 27.4 Å². The molecule has 0 aromatic heterocycles. The molecule has 2 atom stereocenters. The second-order valence-corrected chi connectivity index (χ2v) is 10.4. The van der Waals surface area contributed by atoms with Crippen LogP contribution in [0.15, 0.2) is 58.1 Å². The van der Waals surface area contributed by atoms with Crippen molar-refractivity contribution in [1.82, 2.24) is 0 Å². The first-order chi connectivity index (χ1) is 17.5. The summed E-state index contributed by atoms with van der Waals surface area (Å²) in [6.45, 7) is 16.2. The fourth-order valence-electron chi connectivity index (χ4n) is 4.65. The maximum Gasteiger partial charge on any atom is 0.416 e. The van der Waals surface area contributed by atoms with Crippen molar-refractivity contribution in [3.8, 4) is 5.75 Å². The summed E-state index contributed by atoms with van der Waals surface area (Å²) in [4.78, 5) is 16.2. The van der Waals surface area contributed by atoms with Crippen molar-refractivity contribution in [2.75, 3.05) is 6.61 Å². The summed E-state index contributed by atoms with van der Waals surface area (Å²) in [5, 5.41) is 0. The fraction of sp³-hybridized carbons (Fsp3) is 0.379. The number of alkyl halides is 3. The molecule has 2 aromatic rings. The number of fused-ring (bicyclic) bond motifs is 1. The maximum absolute atomic E-state index is 12.9. The highest BCUT2D eigenvalue weighted by molar-refractivity contribution is 8.02. The monoisotopic (exact) mass is 531 g/mol. The van der Waals surface area contributed by atoms with Gasteiger partial charge in [0, 0.05) is 27.8 Å². The van der Waals surface area contributed by atoms with E-state index in [4.69, 9.17) is 9.47 Å². The molecular formula is C29H32F3NO3S. The van der Waals surface area contributed by atoms with E-state index >= 15 is 0 Å². The van der Waals surface area contributed by atoms with Crippen LogP contribution >= 0.6 is 11.8 Å². The molecule has 4 nitrogen and oxygen atoms in total. The minimum Gasteiger partial charge on any atom is -0.488 e. The van der Waals surface area contributed by atoms with Crippen molar-refractivity contribution in [3.63, 3.8) is 0 Å². The molecule has 0 amide bonds. The first-order valence-electron chi connectivity index (χ1n) is 11.9. The van der Waals surface area contributed by atoms with E-state index in [1.165, 1.54) is 29.5 Å². The molecular weight excluding hydrogens is 499 g/mol. The van der Waals surface area contributed by atoms with Crippen molar-refractivity contribution in [2.24, 2.45) is 10.9 Å². The molecule has 1 aliphatic rings. The number of nitrogens with zero attached hydrogens (tertiary/aromatic N) is 1. The highest BCUT2D eigenvalue weighted by Gasteiger charge is 2.35. The predicted molar refractivity (Wildman–Crippen MR) is 143 cm³/mol. The van der Waals surface area contributed by atoms with Crippen LogP contribution in [0.4, 0.5) is 13.2 Å². The van der Waals surface area contributed by atoms with Crippen molar-refractivity contribution >= 4 is 25.0 Å². The predicted octanol–water partition coefficient (Wildman–Crippen LogP) is 7.92. The first kappa shape index (κ1) is 28.6. The summed E-state index contributed by atoms with van der Waals surface area (Å²) in [5.41, 5.74) is 5.87. The van der Waals surface area contributed by atoms with Crippen LogP contribution < -0.4 is 4.74 Å². The van der Waals surface area contributed by atoms with E-state index < -0.39 is 17.8 Å². The summed E-state index contributed by atoms with van der Waals surface area (Å²) < 4.78 is 50.4. The molecule has 0 saturated heterocycles. The van der Waals surface area contributed by atoms with E-state index in [9.17, 15) is 18.0 Å². The Hall–Kier alpha value is -3.00. The van der Waals surface area contributed by atoms with Crippen LogP contribution in [0.2, 0.25) is 0 Å². The summed E-state index contributed by atoms with van der Waals surface area (Å²) in [5.74, 6) is 1.18. The molecule has 198 valence electrons. The number of hydrogen-bond donors (Lipinski definition) is 0. The van der Waals surface area contributed by atoms with E-state index in [1.54, 1.807) is 0 Å². The highest BCUT2D eigenvalue weighted by atomic mass is 32.2. The molecule has 0 heterocycles. The van der Waals surface area contributed by atoms with Gasteiger partial charge in [-0.2, -0.15) is 13.2 Å². The quantitative estimate of drug-likeness (QED) is 0.178. The third kappa shape index (κ3) is 6.66. The van der Waals surface area contributed by atoms with Crippen molar-refractivity contribution in [2.45, 2.75) is 58.6 Å². The molecule has 3 rings (SSSR count). The van der Waals surface area contributed by atoms with Gasteiger partial charge < -0.3 is 9.47 Å². The van der Waals surface area contributed by atoms with Gasteiger partial charge in [-0.1, -0.05) is 24.3 Å². The number of halogens is 3. The molecule has 0 spiro atoms. The molecule has 0 fully saturated rings. The zero-order chi connectivity index (χ0) is 27.3. The second-order valence-electron chi connectivity index (χ2n) is 9.29. The Balaban J connectivity index is 1.82. The van der Waals surface area contributed by atoms with E-state index in [2.05, 4.69) is 18.3 Å². The van der Waals surface area contributed by atoms with Gasteiger partial charge in [0.25, 0.3) is 6.47 Å². The van der Waals surface area contributed by atoms with Gasteiger partial charge in [0.2, 0.25) is 0 Å². The van der Waals surface area contributed by atoms with Gasteiger partial charge >= 0.3 is 6.18 Å². The number of benzene rings is 2. The molecule has 0 N–H and O–H groups in total. The molecule has 0 unspecified atom stereocenters. The minimum absolute atomic E-state index is 0.0352. The van der Waals surface area contributed by atoms with Gasteiger partial charge in [-0.05, 0) is 87.7 Å². The molecule has 0 saturated carbocycles. The molecule has 0 radical (unpaired) electrons. The third-order valence-electron chi connectivity index (χ3n) is 6.81. The number of carbonyl (C=O) groups is 1. The zero-order valence-electron chi connectivity index (χ0n) is 21.6. The third-order valence-corrected chi connectivity index (χ3v) is 8.05. The maximum atomic E-state index is 12.9. The normalized spacial score (nSPS) is 17.9. The summed E-state index contributed by atoms with van der Waals surface area (Å²) in [6, 6.07) is 7.13. The van der Waals surface area contributed by atoms with Crippen LogP contribution in [-0.2, 0) is 27.9 Å². The smallest absolute Gasteiger partial charge is 0.416 e. The minimum atomic E-state index is -4.36.